The van der Waals surface area contributed by atoms with Crippen molar-refractivity contribution in [2.45, 2.75) is 13.6 Å². The molecule has 2 aromatic heterocycles. The van der Waals surface area contributed by atoms with Crippen molar-refractivity contribution in [3.05, 3.63) is 77.3 Å². The molecular formula is C17H12Cl2FN5O4. The highest BCUT2D eigenvalue weighted by Gasteiger charge is 2.16. The topological polar surface area (TPSA) is 123 Å². The van der Waals surface area contributed by atoms with Gasteiger partial charge in [-0.3, -0.25) is 14.6 Å². The van der Waals surface area contributed by atoms with E-state index < -0.39 is 29.2 Å². The van der Waals surface area contributed by atoms with E-state index in [9.17, 15) is 18.8 Å². The summed E-state index contributed by atoms with van der Waals surface area (Å²) in [4.78, 5) is 37.1. The Balaban J connectivity index is 2.05. The molecule has 150 valence electrons. The van der Waals surface area contributed by atoms with Crippen LogP contribution < -0.4 is 21.5 Å². The van der Waals surface area contributed by atoms with E-state index in [1.807, 2.05) is 4.98 Å². The molecule has 3 rings (SSSR count). The monoisotopic (exact) mass is 439 g/mol. The van der Waals surface area contributed by atoms with E-state index in [0.717, 1.165) is 4.68 Å². The number of rotatable bonds is 5. The summed E-state index contributed by atoms with van der Waals surface area (Å²) in [5.41, 5.74) is -1.92. The second-order valence-electron chi connectivity index (χ2n) is 5.82. The molecule has 0 radical (unpaired) electrons. The summed E-state index contributed by atoms with van der Waals surface area (Å²) >= 11 is 12.4. The molecule has 0 fully saturated rings. The highest BCUT2D eigenvalue weighted by Crippen LogP contribution is 2.37. The van der Waals surface area contributed by atoms with Gasteiger partial charge in [-0.05, 0) is 24.6 Å². The van der Waals surface area contributed by atoms with Crippen LogP contribution in [0.15, 0.2) is 39.2 Å². The normalized spacial score (nSPS) is 10.8. The maximum absolute atomic E-state index is 12.9. The molecule has 0 unspecified atom stereocenters. The fourth-order valence-electron chi connectivity index (χ4n) is 2.32. The van der Waals surface area contributed by atoms with E-state index in [-0.39, 0.29) is 32.9 Å². The lowest BCUT2D eigenvalue weighted by Crippen LogP contribution is -2.33. The molecule has 2 N–H and O–H groups in total. The predicted octanol–water partition coefficient (Wildman–Crippen LogP) is 2.61. The van der Waals surface area contributed by atoms with Gasteiger partial charge in [-0.25, -0.2) is 14.3 Å². The fourth-order valence-corrected chi connectivity index (χ4v) is 2.88. The van der Waals surface area contributed by atoms with Gasteiger partial charge in [0.15, 0.2) is 11.4 Å². The first-order valence-electron chi connectivity index (χ1n) is 7.92. The molecule has 0 spiro atoms. The molecule has 0 saturated heterocycles. The first-order valence-corrected chi connectivity index (χ1v) is 8.68. The Hall–Kier alpha value is -3.24. The third-order valence-electron chi connectivity index (χ3n) is 3.70. The maximum Gasteiger partial charge on any atom is 0.349 e. The number of allylic oxidation sites excluding steroid dienone is 1. The van der Waals surface area contributed by atoms with Gasteiger partial charge >= 0.3 is 5.69 Å². The Labute approximate surface area is 171 Å². The van der Waals surface area contributed by atoms with Gasteiger partial charge in [0.2, 0.25) is 5.88 Å². The van der Waals surface area contributed by atoms with Crippen molar-refractivity contribution in [2.75, 3.05) is 0 Å². The number of ether oxygens (including phenoxy) is 1. The van der Waals surface area contributed by atoms with Gasteiger partial charge in [-0.15, -0.1) is 5.10 Å². The first-order chi connectivity index (χ1) is 13.7. The zero-order valence-electron chi connectivity index (χ0n) is 14.8. The lowest BCUT2D eigenvalue weighted by molar-refractivity contribution is 0.453. The van der Waals surface area contributed by atoms with Crippen LogP contribution in [0.1, 0.15) is 18.2 Å². The Morgan fingerprint density at radius 2 is 1.86 bits per heavy atom. The van der Waals surface area contributed by atoms with Gasteiger partial charge in [-0.1, -0.05) is 29.8 Å². The Bertz CT molecular complexity index is 1270. The van der Waals surface area contributed by atoms with Gasteiger partial charge in [0.25, 0.3) is 11.1 Å². The zero-order valence-corrected chi connectivity index (χ0v) is 16.3. The minimum Gasteiger partial charge on any atom is -0.434 e. The molecule has 0 aliphatic heterocycles. The van der Waals surface area contributed by atoms with Crippen LogP contribution in [-0.4, -0.2) is 25.0 Å². The van der Waals surface area contributed by atoms with Crippen LogP contribution in [0.5, 0.6) is 11.6 Å². The zero-order chi connectivity index (χ0) is 21.3. The van der Waals surface area contributed by atoms with E-state index in [0.29, 0.717) is 5.57 Å². The number of aromatic amines is 2. The SMILES string of the molecule is C=C(C)c1cc(Oc2c(Cl)cc(-n3nc(CF)c(=O)[nH]c3=O)cc2Cl)n[nH]c1=O. The molecule has 0 aliphatic carbocycles. The second-order valence-corrected chi connectivity index (χ2v) is 6.64. The van der Waals surface area contributed by atoms with Gasteiger partial charge in [0, 0.05) is 11.6 Å². The minimum atomic E-state index is -1.17. The summed E-state index contributed by atoms with van der Waals surface area (Å²) in [5, 5.41) is 9.63. The smallest absolute Gasteiger partial charge is 0.349 e. The summed E-state index contributed by atoms with van der Waals surface area (Å²) in [5.74, 6) is -0.00863. The van der Waals surface area contributed by atoms with Crippen LogP contribution in [0.2, 0.25) is 10.0 Å². The maximum atomic E-state index is 12.9. The van der Waals surface area contributed by atoms with Crippen molar-refractivity contribution < 1.29 is 9.13 Å². The summed E-state index contributed by atoms with van der Waals surface area (Å²) < 4.78 is 19.2. The molecule has 29 heavy (non-hydrogen) atoms. The quantitative estimate of drug-likeness (QED) is 0.629. The molecule has 3 aromatic rings. The van der Waals surface area contributed by atoms with E-state index in [1.54, 1.807) is 6.92 Å². The van der Waals surface area contributed by atoms with Gasteiger partial charge in [-0.2, -0.15) is 9.78 Å². The standard InChI is InChI=1S/C17H12Cl2FN5O4/c1-7(2)9-5-13(22-23-15(9)26)29-14-10(18)3-8(4-11(14)19)25-17(28)21-16(27)12(6-20)24-25/h3-5H,1,6H2,2H3,(H,23,26)(H,21,27,28). The number of hydrogen-bond donors (Lipinski definition) is 2. The minimum absolute atomic E-state index is 0.00167. The largest absolute Gasteiger partial charge is 0.434 e. The van der Waals surface area contributed by atoms with E-state index in [1.165, 1.54) is 18.2 Å². The number of alkyl halides is 1. The third kappa shape index (κ3) is 4.13. The lowest BCUT2D eigenvalue weighted by atomic mass is 10.2. The molecule has 9 nitrogen and oxygen atoms in total. The Kier molecular flexibility index (Phi) is 5.66. The van der Waals surface area contributed by atoms with Crippen LogP contribution >= 0.6 is 23.2 Å². The van der Waals surface area contributed by atoms with Crippen LogP contribution in [-0.2, 0) is 6.67 Å². The Morgan fingerprint density at radius 3 is 2.45 bits per heavy atom. The van der Waals surface area contributed by atoms with Crippen LogP contribution in [0, 0.1) is 0 Å². The number of nitrogens with zero attached hydrogens (tertiary/aromatic N) is 3. The average Bonchev–Trinajstić information content (AvgIpc) is 2.65. The molecule has 0 amide bonds. The van der Waals surface area contributed by atoms with Crippen LogP contribution in [0.3, 0.4) is 0 Å². The molecule has 2 heterocycles. The van der Waals surface area contributed by atoms with Gasteiger partial charge in [0.05, 0.1) is 15.7 Å². The summed E-state index contributed by atoms with van der Waals surface area (Å²) in [6.45, 7) is 4.17. The Morgan fingerprint density at radius 1 is 1.21 bits per heavy atom. The van der Waals surface area contributed by atoms with E-state index in [2.05, 4.69) is 21.9 Å². The highest BCUT2D eigenvalue weighted by atomic mass is 35.5. The van der Waals surface area contributed by atoms with Crippen molar-refractivity contribution in [3.63, 3.8) is 0 Å². The molecule has 0 aliphatic rings. The molecule has 0 saturated carbocycles. The summed E-state index contributed by atoms with van der Waals surface area (Å²) in [6.07, 6.45) is 0. The number of benzene rings is 1. The van der Waals surface area contributed by atoms with Crippen molar-refractivity contribution in [3.8, 4) is 17.3 Å². The van der Waals surface area contributed by atoms with Crippen LogP contribution in [0.4, 0.5) is 4.39 Å². The molecule has 12 heteroatoms. The van der Waals surface area contributed by atoms with E-state index in [4.69, 9.17) is 27.9 Å². The van der Waals surface area contributed by atoms with Gasteiger partial charge < -0.3 is 4.74 Å². The second kappa shape index (κ2) is 8.02. The number of hydrogen-bond acceptors (Lipinski definition) is 6. The number of H-pyrrole nitrogens is 2. The summed E-state index contributed by atoms with van der Waals surface area (Å²) in [7, 11) is 0. The van der Waals surface area contributed by atoms with Crippen molar-refractivity contribution in [2.24, 2.45) is 0 Å². The average molecular weight is 440 g/mol. The van der Waals surface area contributed by atoms with Crippen LogP contribution in [0.25, 0.3) is 11.3 Å². The molecular weight excluding hydrogens is 428 g/mol. The molecule has 0 bridgehead atoms. The number of nitrogens with one attached hydrogen (secondary N) is 2. The fraction of sp³-hybridized carbons (Fsp3) is 0.118. The van der Waals surface area contributed by atoms with Gasteiger partial charge in [0.1, 0.15) is 6.67 Å². The summed E-state index contributed by atoms with van der Waals surface area (Å²) in [6, 6.07) is 3.93. The first kappa shape index (κ1) is 20.5. The lowest BCUT2D eigenvalue weighted by Gasteiger charge is -2.12. The number of halogens is 3. The predicted molar refractivity (Wildman–Crippen MR) is 105 cm³/mol. The van der Waals surface area contributed by atoms with Crippen molar-refractivity contribution >= 4 is 28.8 Å². The molecule has 0 atom stereocenters. The van der Waals surface area contributed by atoms with E-state index >= 15 is 0 Å². The van der Waals surface area contributed by atoms with Crippen molar-refractivity contribution in [1.29, 1.82) is 0 Å². The van der Waals surface area contributed by atoms with Crippen molar-refractivity contribution in [1.82, 2.24) is 25.0 Å². The molecule has 1 aromatic carbocycles. The highest BCUT2D eigenvalue weighted by molar-refractivity contribution is 6.37. The number of aromatic nitrogens is 5. The third-order valence-corrected chi connectivity index (χ3v) is 4.26.